The summed E-state index contributed by atoms with van der Waals surface area (Å²) < 4.78 is 5.03. The quantitative estimate of drug-likeness (QED) is 0.0651. The lowest BCUT2D eigenvalue weighted by Gasteiger charge is -2.13. The molecule has 36 heavy (non-hydrogen) atoms. The van der Waals surface area contributed by atoms with Crippen molar-refractivity contribution in [2.75, 3.05) is 6.61 Å². The van der Waals surface area contributed by atoms with Gasteiger partial charge in [-0.15, -0.1) is 0 Å². The number of esters is 1. The zero-order valence-corrected chi connectivity index (χ0v) is 23.7. The normalized spacial score (nSPS) is 12.1. The Kier molecular flexibility index (Phi) is 26.8. The standard InChI is InChI=1S/C32H58O4/c1-3-5-6-7-8-9-10-11-12-13-14-15-16-17-18-19-20-21-22-23-24-25-26-27-30(29-31(33)34)32(35)36-28-4-2/h4,12-13,30H,2-3,5-11,14-29H2,1H3,(H,33,34)/b13-12+. The maximum Gasteiger partial charge on any atom is 0.309 e. The first-order valence-electron chi connectivity index (χ1n) is 15.3. The summed E-state index contributed by atoms with van der Waals surface area (Å²) in [5.74, 6) is -1.89. The van der Waals surface area contributed by atoms with E-state index in [0.29, 0.717) is 6.42 Å². The lowest BCUT2D eigenvalue weighted by atomic mass is 9.97. The molecule has 0 radical (unpaired) electrons. The van der Waals surface area contributed by atoms with Gasteiger partial charge in [0.15, 0.2) is 0 Å². The highest BCUT2D eigenvalue weighted by molar-refractivity contribution is 5.79. The van der Waals surface area contributed by atoms with E-state index in [0.717, 1.165) is 19.3 Å². The van der Waals surface area contributed by atoms with Crippen LogP contribution in [0.1, 0.15) is 155 Å². The van der Waals surface area contributed by atoms with Gasteiger partial charge in [0.2, 0.25) is 0 Å². The van der Waals surface area contributed by atoms with E-state index in [1.54, 1.807) is 0 Å². The van der Waals surface area contributed by atoms with Crippen molar-refractivity contribution in [3.8, 4) is 0 Å². The summed E-state index contributed by atoms with van der Waals surface area (Å²) in [6.45, 7) is 5.94. The summed E-state index contributed by atoms with van der Waals surface area (Å²) in [6.07, 6.45) is 34.1. The zero-order chi connectivity index (χ0) is 26.5. The fraction of sp³-hybridized carbons (Fsp3) is 0.812. The predicted octanol–water partition coefficient (Wildman–Crippen LogP) is 9.96. The summed E-state index contributed by atoms with van der Waals surface area (Å²) in [5, 5.41) is 9.01. The monoisotopic (exact) mass is 506 g/mol. The maximum absolute atomic E-state index is 12.0. The van der Waals surface area contributed by atoms with E-state index in [1.807, 2.05) is 0 Å². The minimum Gasteiger partial charge on any atom is -0.481 e. The van der Waals surface area contributed by atoms with Crippen LogP contribution in [-0.4, -0.2) is 23.7 Å². The molecule has 0 amide bonds. The molecule has 0 fully saturated rings. The van der Waals surface area contributed by atoms with Gasteiger partial charge in [-0.1, -0.05) is 141 Å². The minimum absolute atomic E-state index is 0.145. The van der Waals surface area contributed by atoms with Gasteiger partial charge < -0.3 is 9.84 Å². The summed E-state index contributed by atoms with van der Waals surface area (Å²) in [6, 6.07) is 0. The van der Waals surface area contributed by atoms with Gasteiger partial charge in [-0.25, -0.2) is 0 Å². The van der Waals surface area contributed by atoms with Crippen molar-refractivity contribution < 1.29 is 19.4 Å². The molecule has 0 aromatic rings. The predicted molar refractivity (Wildman–Crippen MR) is 153 cm³/mol. The SMILES string of the molecule is C=CCOC(=O)C(CCCCCCCCCCCCCC/C=C/CCCCCCCCC)CC(=O)O. The second kappa shape index (κ2) is 28.0. The molecular weight excluding hydrogens is 448 g/mol. The summed E-state index contributed by atoms with van der Waals surface area (Å²) in [5.41, 5.74) is 0. The highest BCUT2D eigenvalue weighted by atomic mass is 16.5. The van der Waals surface area contributed by atoms with Crippen LogP contribution in [0.3, 0.4) is 0 Å². The van der Waals surface area contributed by atoms with Gasteiger partial charge in [0, 0.05) is 0 Å². The molecule has 1 atom stereocenters. The molecule has 1 unspecified atom stereocenters. The maximum atomic E-state index is 12.0. The van der Waals surface area contributed by atoms with E-state index in [2.05, 4.69) is 25.7 Å². The Morgan fingerprint density at radius 3 is 1.53 bits per heavy atom. The third-order valence-corrected chi connectivity index (χ3v) is 6.91. The molecule has 0 bridgehead atoms. The number of hydrogen-bond acceptors (Lipinski definition) is 3. The first kappa shape index (κ1) is 34.4. The van der Waals surface area contributed by atoms with Crippen LogP contribution < -0.4 is 0 Å². The number of unbranched alkanes of at least 4 members (excludes halogenated alkanes) is 19. The number of carboxylic acids is 1. The van der Waals surface area contributed by atoms with Crippen LogP contribution in [0.5, 0.6) is 0 Å². The number of carboxylic acid groups (broad SMARTS) is 1. The van der Waals surface area contributed by atoms with Crippen molar-refractivity contribution in [1.82, 2.24) is 0 Å². The van der Waals surface area contributed by atoms with Gasteiger partial charge in [-0.2, -0.15) is 0 Å². The molecule has 210 valence electrons. The molecule has 0 aliphatic heterocycles. The van der Waals surface area contributed by atoms with E-state index < -0.39 is 17.9 Å². The van der Waals surface area contributed by atoms with Crippen LogP contribution in [0.15, 0.2) is 24.8 Å². The van der Waals surface area contributed by atoms with E-state index in [9.17, 15) is 9.59 Å². The average molecular weight is 507 g/mol. The molecule has 0 rings (SSSR count). The van der Waals surface area contributed by atoms with Gasteiger partial charge in [0.25, 0.3) is 0 Å². The first-order chi connectivity index (χ1) is 17.6. The molecule has 1 N–H and O–H groups in total. The second-order valence-corrected chi connectivity index (χ2v) is 10.4. The smallest absolute Gasteiger partial charge is 0.309 e. The van der Waals surface area contributed by atoms with Crippen LogP contribution >= 0.6 is 0 Å². The van der Waals surface area contributed by atoms with Crippen LogP contribution in [0, 0.1) is 5.92 Å². The van der Waals surface area contributed by atoms with Crippen molar-refractivity contribution in [2.24, 2.45) is 5.92 Å². The topological polar surface area (TPSA) is 63.6 Å². The average Bonchev–Trinajstić information content (AvgIpc) is 2.86. The second-order valence-electron chi connectivity index (χ2n) is 10.4. The minimum atomic E-state index is -0.943. The highest BCUT2D eigenvalue weighted by Crippen LogP contribution is 2.18. The van der Waals surface area contributed by atoms with Crippen molar-refractivity contribution >= 4 is 11.9 Å². The molecule has 0 aromatic heterocycles. The zero-order valence-electron chi connectivity index (χ0n) is 23.7. The number of hydrogen-bond donors (Lipinski definition) is 1. The van der Waals surface area contributed by atoms with Crippen molar-refractivity contribution in [1.29, 1.82) is 0 Å². The highest BCUT2D eigenvalue weighted by Gasteiger charge is 2.22. The van der Waals surface area contributed by atoms with Gasteiger partial charge in [-0.3, -0.25) is 9.59 Å². The van der Waals surface area contributed by atoms with Crippen molar-refractivity contribution in [2.45, 2.75) is 155 Å². The number of aliphatic carboxylic acids is 1. The molecule has 0 aromatic carbocycles. The van der Waals surface area contributed by atoms with Crippen LogP contribution in [0.2, 0.25) is 0 Å². The van der Waals surface area contributed by atoms with Gasteiger partial charge in [0.05, 0.1) is 12.3 Å². The Labute approximate surface area is 223 Å². The van der Waals surface area contributed by atoms with Gasteiger partial charge >= 0.3 is 11.9 Å². The Balaban J connectivity index is 3.40. The molecule has 0 aliphatic rings. The Morgan fingerprint density at radius 2 is 1.11 bits per heavy atom. The van der Waals surface area contributed by atoms with E-state index in [4.69, 9.17) is 9.84 Å². The Morgan fingerprint density at radius 1 is 0.694 bits per heavy atom. The van der Waals surface area contributed by atoms with Crippen LogP contribution in [0.4, 0.5) is 0 Å². The number of allylic oxidation sites excluding steroid dienone is 2. The molecule has 0 aliphatic carbocycles. The summed E-state index contributed by atoms with van der Waals surface area (Å²) in [4.78, 5) is 22.9. The molecule has 4 nitrogen and oxygen atoms in total. The number of rotatable bonds is 28. The number of ether oxygens (including phenoxy) is 1. The van der Waals surface area contributed by atoms with E-state index >= 15 is 0 Å². The third-order valence-electron chi connectivity index (χ3n) is 6.91. The Hall–Kier alpha value is -1.58. The van der Waals surface area contributed by atoms with Crippen LogP contribution in [0.25, 0.3) is 0 Å². The molecule has 0 spiro atoms. The summed E-state index contributed by atoms with van der Waals surface area (Å²) in [7, 11) is 0. The number of carbonyl (C=O) groups is 2. The molecular formula is C32H58O4. The Bertz CT molecular complexity index is 540. The van der Waals surface area contributed by atoms with Crippen molar-refractivity contribution in [3.05, 3.63) is 24.8 Å². The molecule has 0 heterocycles. The molecule has 0 saturated carbocycles. The molecule has 0 saturated heterocycles. The fourth-order valence-electron chi connectivity index (χ4n) is 4.65. The van der Waals surface area contributed by atoms with Crippen molar-refractivity contribution in [3.63, 3.8) is 0 Å². The van der Waals surface area contributed by atoms with Crippen LogP contribution in [-0.2, 0) is 14.3 Å². The third kappa shape index (κ3) is 25.5. The number of carbonyl (C=O) groups excluding carboxylic acids is 1. The molecule has 4 heteroatoms. The largest absolute Gasteiger partial charge is 0.481 e. The first-order valence-corrected chi connectivity index (χ1v) is 15.3. The lowest BCUT2D eigenvalue weighted by Crippen LogP contribution is -2.21. The van der Waals surface area contributed by atoms with E-state index in [1.165, 1.54) is 122 Å². The lowest BCUT2D eigenvalue weighted by molar-refractivity contribution is -0.152. The fourth-order valence-corrected chi connectivity index (χ4v) is 4.65. The van der Waals surface area contributed by atoms with Gasteiger partial charge in [0.1, 0.15) is 6.61 Å². The van der Waals surface area contributed by atoms with Gasteiger partial charge in [-0.05, 0) is 32.1 Å². The summed E-state index contributed by atoms with van der Waals surface area (Å²) >= 11 is 0. The van der Waals surface area contributed by atoms with E-state index in [-0.39, 0.29) is 13.0 Å².